The maximum Gasteiger partial charge on any atom is 0.345 e. The fourth-order valence-electron chi connectivity index (χ4n) is 1.81. The Hall–Kier alpha value is -0.710. The second-order valence-corrected chi connectivity index (χ2v) is 4.06. The van der Waals surface area contributed by atoms with Crippen molar-refractivity contribution in [3.05, 3.63) is 16.3 Å². The van der Waals surface area contributed by atoms with Gasteiger partial charge in [-0.15, -0.1) is 0 Å². The minimum Gasteiger partial charge on any atom is -0.279 e. The Morgan fingerprint density at radius 3 is 3.00 bits per heavy atom. The van der Waals surface area contributed by atoms with E-state index in [4.69, 9.17) is 0 Å². The maximum absolute atomic E-state index is 11.8. The first-order valence-electron chi connectivity index (χ1n) is 5.10. The molecule has 0 amide bonds. The van der Waals surface area contributed by atoms with E-state index >= 15 is 0 Å². The van der Waals surface area contributed by atoms with Crippen LogP contribution in [0.15, 0.2) is 4.79 Å². The molecule has 78 valence electrons. The minimum absolute atomic E-state index is 0.0569. The lowest BCUT2D eigenvalue weighted by Crippen LogP contribution is -2.27. The summed E-state index contributed by atoms with van der Waals surface area (Å²) >= 11 is 4.13. The lowest BCUT2D eigenvalue weighted by Gasteiger charge is -2.09. The van der Waals surface area contributed by atoms with Crippen molar-refractivity contribution < 1.29 is 0 Å². The van der Waals surface area contributed by atoms with Gasteiger partial charge in [-0.1, -0.05) is 0 Å². The van der Waals surface area contributed by atoms with Gasteiger partial charge in [0.25, 0.3) is 0 Å². The number of fused-ring (bicyclic) bond motifs is 1. The van der Waals surface area contributed by atoms with E-state index in [9.17, 15) is 4.79 Å². The van der Waals surface area contributed by atoms with E-state index in [2.05, 4.69) is 17.7 Å². The third-order valence-electron chi connectivity index (χ3n) is 2.56. The van der Waals surface area contributed by atoms with Crippen molar-refractivity contribution >= 4 is 12.6 Å². The standard InChI is InChI=1S/C9H15N3OS/c13-9-11-5-2-1-4-8(11)10-12(9)6-3-7-14/h14H,1-7H2. The highest BCUT2D eigenvalue weighted by Gasteiger charge is 2.15. The Kier molecular flexibility index (Phi) is 2.96. The van der Waals surface area contributed by atoms with Gasteiger partial charge in [0.15, 0.2) is 0 Å². The number of aryl methyl sites for hydroxylation is 2. The summed E-state index contributed by atoms with van der Waals surface area (Å²) in [7, 11) is 0. The zero-order valence-corrected chi connectivity index (χ0v) is 9.04. The van der Waals surface area contributed by atoms with Crippen molar-refractivity contribution in [2.45, 2.75) is 38.8 Å². The topological polar surface area (TPSA) is 39.8 Å². The third kappa shape index (κ3) is 1.73. The summed E-state index contributed by atoms with van der Waals surface area (Å²) < 4.78 is 3.39. The molecule has 0 fully saturated rings. The van der Waals surface area contributed by atoms with Crippen LogP contribution >= 0.6 is 12.6 Å². The zero-order chi connectivity index (χ0) is 9.97. The van der Waals surface area contributed by atoms with Gasteiger partial charge in [0.05, 0.1) is 0 Å². The first-order valence-corrected chi connectivity index (χ1v) is 5.73. The molecule has 0 N–H and O–H groups in total. The molecular weight excluding hydrogens is 198 g/mol. The summed E-state index contributed by atoms with van der Waals surface area (Å²) in [6, 6.07) is 0. The van der Waals surface area contributed by atoms with Crippen LogP contribution in [0.3, 0.4) is 0 Å². The van der Waals surface area contributed by atoms with E-state index in [1.54, 1.807) is 4.68 Å². The molecule has 0 aromatic carbocycles. The lowest BCUT2D eigenvalue weighted by atomic mass is 10.2. The van der Waals surface area contributed by atoms with Crippen LogP contribution in [0.4, 0.5) is 0 Å². The molecule has 0 aliphatic carbocycles. The van der Waals surface area contributed by atoms with Gasteiger partial charge in [-0.05, 0) is 25.0 Å². The number of thiol groups is 1. The van der Waals surface area contributed by atoms with Crippen LogP contribution in [0.1, 0.15) is 25.1 Å². The van der Waals surface area contributed by atoms with E-state index in [0.717, 1.165) is 43.8 Å². The van der Waals surface area contributed by atoms with Crippen LogP contribution in [-0.4, -0.2) is 20.1 Å². The largest absolute Gasteiger partial charge is 0.345 e. The number of aromatic nitrogens is 3. The molecule has 5 heteroatoms. The molecule has 0 radical (unpaired) electrons. The molecule has 1 aliphatic rings. The molecule has 2 rings (SSSR count). The summed E-state index contributed by atoms with van der Waals surface area (Å²) in [5, 5.41) is 4.32. The van der Waals surface area contributed by atoms with Crippen molar-refractivity contribution in [3.8, 4) is 0 Å². The van der Waals surface area contributed by atoms with Crippen molar-refractivity contribution in [3.63, 3.8) is 0 Å². The Labute approximate surface area is 88.3 Å². The van der Waals surface area contributed by atoms with Crippen LogP contribution < -0.4 is 5.69 Å². The molecule has 4 nitrogen and oxygen atoms in total. The molecule has 0 unspecified atom stereocenters. The zero-order valence-electron chi connectivity index (χ0n) is 8.15. The van der Waals surface area contributed by atoms with Gasteiger partial charge in [-0.3, -0.25) is 4.57 Å². The molecule has 1 aromatic heterocycles. The van der Waals surface area contributed by atoms with Gasteiger partial charge in [-0.25, -0.2) is 9.48 Å². The van der Waals surface area contributed by atoms with Gasteiger partial charge in [0.1, 0.15) is 5.82 Å². The van der Waals surface area contributed by atoms with Crippen LogP contribution in [0.5, 0.6) is 0 Å². The average molecular weight is 213 g/mol. The van der Waals surface area contributed by atoms with E-state index in [1.165, 1.54) is 0 Å². The molecule has 2 heterocycles. The lowest BCUT2D eigenvalue weighted by molar-refractivity contribution is 0.510. The van der Waals surface area contributed by atoms with Gasteiger partial charge in [-0.2, -0.15) is 17.7 Å². The van der Waals surface area contributed by atoms with Gasteiger partial charge < -0.3 is 0 Å². The van der Waals surface area contributed by atoms with Crippen LogP contribution in [0.2, 0.25) is 0 Å². The predicted octanol–water partition coefficient (Wildman–Crippen LogP) is 0.701. The third-order valence-corrected chi connectivity index (χ3v) is 2.88. The minimum atomic E-state index is 0.0569. The van der Waals surface area contributed by atoms with Crippen molar-refractivity contribution in [2.75, 3.05) is 5.75 Å². The summed E-state index contributed by atoms with van der Waals surface area (Å²) in [5.41, 5.74) is 0.0569. The smallest absolute Gasteiger partial charge is 0.279 e. The Morgan fingerprint density at radius 1 is 1.43 bits per heavy atom. The number of rotatable bonds is 3. The molecule has 0 atom stereocenters. The number of hydrogen-bond donors (Lipinski definition) is 1. The maximum atomic E-state index is 11.8. The summed E-state index contributed by atoms with van der Waals surface area (Å²) in [4.78, 5) is 11.8. The molecule has 1 aliphatic heterocycles. The molecular formula is C9H15N3OS. The van der Waals surface area contributed by atoms with Crippen molar-refractivity contribution in [2.24, 2.45) is 0 Å². The Bertz CT molecular complexity index is 369. The SMILES string of the molecule is O=c1n(CCCS)nc2n1CCCC2. The van der Waals surface area contributed by atoms with Gasteiger partial charge >= 0.3 is 5.69 Å². The van der Waals surface area contributed by atoms with E-state index < -0.39 is 0 Å². The molecule has 14 heavy (non-hydrogen) atoms. The van der Waals surface area contributed by atoms with E-state index in [-0.39, 0.29) is 5.69 Å². The number of nitrogens with zero attached hydrogens (tertiary/aromatic N) is 3. The summed E-state index contributed by atoms with van der Waals surface area (Å²) in [6.45, 7) is 1.54. The van der Waals surface area contributed by atoms with Crippen molar-refractivity contribution in [1.29, 1.82) is 0 Å². The Morgan fingerprint density at radius 2 is 2.29 bits per heavy atom. The highest BCUT2D eigenvalue weighted by atomic mass is 32.1. The van der Waals surface area contributed by atoms with Crippen LogP contribution in [0.25, 0.3) is 0 Å². The van der Waals surface area contributed by atoms with Gasteiger partial charge in [0.2, 0.25) is 0 Å². The number of hydrogen-bond acceptors (Lipinski definition) is 3. The highest BCUT2D eigenvalue weighted by molar-refractivity contribution is 7.80. The Balaban J connectivity index is 2.25. The van der Waals surface area contributed by atoms with Gasteiger partial charge in [0, 0.05) is 19.5 Å². The fraction of sp³-hybridized carbons (Fsp3) is 0.778. The second-order valence-electron chi connectivity index (χ2n) is 3.61. The summed E-state index contributed by atoms with van der Waals surface area (Å²) in [6.07, 6.45) is 4.11. The molecule has 0 bridgehead atoms. The quantitative estimate of drug-likeness (QED) is 0.751. The normalized spacial score (nSPS) is 15.5. The fourth-order valence-corrected chi connectivity index (χ4v) is 1.96. The summed E-state index contributed by atoms with van der Waals surface area (Å²) in [5.74, 6) is 1.76. The monoisotopic (exact) mass is 213 g/mol. The molecule has 1 aromatic rings. The van der Waals surface area contributed by atoms with Crippen LogP contribution in [-0.2, 0) is 19.5 Å². The first-order chi connectivity index (χ1) is 6.83. The predicted molar refractivity (Wildman–Crippen MR) is 57.9 cm³/mol. The molecule has 0 saturated carbocycles. The van der Waals surface area contributed by atoms with E-state index in [1.807, 2.05) is 4.57 Å². The van der Waals surface area contributed by atoms with E-state index in [0.29, 0.717) is 6.54 Å². The second kappa shape index (κ2) is 4.21. The average Bonchev–Trinajstić information content (AvgIpc) is 2.54. The highest BCUT2D eigenvalue weighted by Crippen LogP contribution is 2.09. The first kappa shape index (κ1) is 9.83. The molecule has 0 saturated heterocycles. The van der Waals surface area contributed by atoms with Crippen LogP contribution in [0, 0.1) is 0 Å². The molecule has 0 spiro atoms. The van der Waals surface area contributed by atoms with Crippen molar-refractivity contribution in [1.82, 2.24) is 14.3 Å².